The van der Waals surface area contributed by atoms with E-state index in [9.17, 15) is 37.6 Å². The van der Waals surface area contributed by atoms with Crippen LogP contribution < -0.4 is 30.5 Å². The van der Waals surface area contributed by atoms with Crippen LogP contribution in [0.25, 0.3) is 0 Å². The van der Waals surface area contributed by atoms with Gasteiger partial charge in [-0.3, -0.25) is 39.2 Å². The van der Waals surface area contributed by atoms with Crippen molar-refractivity contribution in [3.63, 3.8) is 0 Å². The third-order valence-electron chi connectivity index (χ3n) is 11.4. The number of hydrogen-bond donors (Lipinski definition) is 3. The second-order valence-electron chi connectivity index (χ2n) is 15.6. The predicted molar refractivity (Wildman–Crippen MR) is 217 cm³/mol. The van der Waals surface area contributed by atoms with Crippen molar-refractivity contribution in [2.24, 2.45) is 0 Å². The van der Waals surface area contributed by atoms with Gasteiger partial charge >= 0.3 is 6.18 Å². The first-order chi connectivity index (χ1) is 28.1. The van der Waals surface area contributed by atoms with Crippen LogP contribution in [0.2, 0.25) is 0 Å². The van der Waals surface area contributed by atoms with E-state index in [1.165, 1.54) is 6.07 Å². The van der Waals surface area contributed by atoms with Gasteiger partial charge in [0.25, 0.3) is 5.91 Å². The highest BCUT2D eigenvalue weighted by Gasteiger charge is 2.51. The van der Waals surface area contributed by atoms with Crippen molar-refractivity contribution in [2.75, 3.05) is 53.2 Å². The Hall–Kier alpha value is -5.64. The summed E-state index contributed by atoms with van der Waals surface area (Å²) in [6, 6.07) is 14.8. The maximum atomic E-state index is 13.8. The van der Waals surface area contributed by atoms with Crippen molar-refractivity contribution >= 4 is 63.7 Å². The summed E-state index contributed by atoms with van der Waals surface area (Å²) < 4.78 is 47.6. The van der Waals surface area contributed by atoms with Crippen molar-refractivity contribution in [1.82, 2.24) is 20.1 Å². The zero-order valence-electron chi connectivity index (χ0n) is 32.8. The minimum atomic E-state index is -4.86. The third-order valence-corrected chi connectivity index (χ3v) is 11.7. The third kappa shape index (κ3) is 8.59. The highest BCUT2D eigenvalue weighted by atomic mass is 32.1. The first kappa shape index (κ1) is 41.5. The van der Waals surface area contributed by atoms with Crippen LogP contribution in [0.15, 0.2) is 54.7 Å². The molecule has 4 amide bonds. The number of fused-ring (bicyclic) bond motifs is 3. The van der Waals surface area contributed by atoms with Crippen LogP contribution in [0.1, 0.15) is 63.3 Å². The number of amides is 4. The van der Waals surface area contributed by atoms with Crippen LogP contribution in [-0.4, -0.2) is 100.0 Å². The normalized spacial score (nSPS) is 22.0. The molecule has 1 unspecified atom stereocenters. The molecule has 3 N–H and O–H groups in total. The molecule has 0 radical (unpaired) electrons. The van der Waals surface area contributed by atoms with E-state index >= 15 is 0 Å². The van der Waals surface area contributed by atoms with E-state index in [-0.39, 0.29) is 53.6 Å². The minimum absolute atomic E-state index is 0.0180. The molecule has 2 bridgehead atoms. The van der Waals surface area contributed by atoms with Crippen LogP contribution in [-0.2, 0) is 31.8 Å². The number of thiocarbonyl (C=S) groups is 1. The second-order valence-corrected chi connectivity index (χ2v) is 16.0. The summed E-state index contributed by atoms with van der Waals surface area (Å²) in [6.07, 6.45) is -0.543. The Morgan fingerprint density at radius 3 is 2.44 bits per heavy atom. The van der Waals surface area contributed by atoms with Crippen molar-refractivity contribution < 1.29 is 37.1 Å². The Kier molecular flexibility index (Phi) is 11.6. The van der Waals surface area contributed by atoms with Crippen molar-refractivity contribution in [3.05, 3.63) is 71.5 Å². The number of benzene rings is 2. The molecular weight excluding hydrogens is 788 g/mol. The fourth-order valence-corrected chi connectivity index (χ4v) is 8.83. The van der Waals surface area contributed by atoms with Crippen molar-refractivity contribution in [1.29, 1.82) is 5.26 Å². The maximum absolute atomic E-state index is 13.8. The Bertz CT molecular complexity index is 2230. The predicted octanol–water partition coefficient (Wildman–Crippen LogP) is 4.83. The van der Waals surface area contributed by atoms with E-state index in [1.54, 1.807) is 43.0 Å². The number of aryl methyl sites for hydroxylation is 1. The number of nitrogens with one attached hydrogen (secondary N) is 3. The van der Waals surface area contributed by atoms with Gasteiger partial charge in [0.05, 0.1) is 24.0 Å². The summed E-state index contributed by atoms with van der Waals surface area (Å²) in [5.41, 5.74) is -0.757. The molecule has 0 saturated carbocycles. The molecule has 0 spiro atoms. The number of hydrogen-bond acceptors (Lipinski definition) is 11. The number of piperazine rings is 1. The SMILES string of the molecule is CCc1cc(N2C(=S)N(c3cnc(C#N)c(C(F)(F)F)c3)C(=O)C2(C)C)ccc1OCCN1C[C@@H]2CC[C@H]1CN2CC(=O)Nc1cccc(NC2CCC(=O)NC2=O)c1. The van der Waals surface area contributed by atoms with Gasteiger partial charge in [-0.1, -0.05) is 13.0 Å². The highest BCUT2D eigenvalue weighted by molar-refractivity contribution is 7.81. The maximum Gasteiger partial charge on any atom is 0.419 e. The molecule has 5 saturated heterocycles. The molecule has 0 aliphatic carbocycles. The van der Waals surface area contributed by atoms with Crippen LogP contribution in [0.3, 0.4) is 0 Å². The number of carbonyl (C=O) groups is 4. The lowest BCUT2D eigenvalue weighted by atomic mass is 9.91. The summed E-state index contributed by atoms with van der Waals surface area (Å²) >= 11 is 5.70. The summed E-state index contributed by atoms with van der Waals surface area (Å²) in [5.74, 6) is -0.641. The first-order valence-corrected chi connectivity index (χ1v) is 19.9. The minimum Gasteiger partial charge on any atom is -0.492 e. The van der Waals surface area contributed by atoms with Gasteiger partial charge in [0, 0.05) is 55.2 Å². The molecule has 5 aliphatic heterocycles. The number of aromatic nitrogens is 1. The number of carbonyl (C=O) groups excluding carboxylic acids is 4. The van der Waals surface area contributed by atoms with E-state index in [0.717, 1.165) is 48.7 Å². The van der Waals surface area contributed by atoms with Gasteiger partial charge in [0.1, 0.15) is 30.0 Å². The molecule has 2 aromatic carbocycles. The van der Waals surface area contributed by atoms with Gasteiger partial charge in [-0.15, -0.1) is 0 Å². The highest BCUT2D eigenvalue weighted by Crippen LogP contribution is 2.40. The van der Waals surface area contributed by atoms with Crippen LogP contribution in [0.4, 0.5) is 35.9 Å². The monoisotopic (exact) mass is 831 g/mol. The molecule has 18 heteroatoms. The van der Waals surface area contributed by atoms with E-state index in [2.05, 4.69) is 30.7 Å². The smallest absolute Gasteiger partial charge is 0.419 e. The number of nitrogens with zero attached hydrogens (tertiary/aromatic N) is 6. The van der Waals surface area contributed by atoms with E-state index in [4.69, 9.17) is 17.0 Å². The average molecular weight is 832 g/mol. The second kappa shape index (κ2) is 16.5. The lowest BCUT2D eigenvalue weighted by Crippen LogP contribution is -2.63. The summed E-state index contributed by atoms with van der Waals surface area (Å²) in [6.45, 7) is 8.17. The largest absolute Gasteiger partial charge is 0.492 e. The Balaban J connectivity index is 0.932. The van der Waals surface area contributed by atoms with Gasteiger partial charge in [0.2, 0.25) is 17.7 Å². The van der Waals surface area contributed by atoms with E-state index in [0.29, 0.717) is 48.8 Å². The topological polar surface area (TPSA) is 163 Å². The van der Waals surface area contributed by atoms with Crippen LogP contribution >= 0.6 is 12.2 Å². The Morgan fingerprint density at radius 1 is 1.03 bits per heavy atom. The van der Waals surface area contributed by atoms with Gasteiger partial charge in [-0.25, -0.2) is 4.98 Å². The molecule has 59 heavy (non-hydrogen) atoms. The number of nitriles is 1. The van der Waals surface area contributed by atoms with Crippen molar-refractivity contribution in [2.45, 2.75) is 82.7 Å². The van der Waals surface area contributed by atoms with E-state index in [1.807, 2.05) is 25.1 Å². The molecule has 5 aliphatic rings. The lowest BCUT2D eigenvalue weighted by molar-refractivity contribution is -0.138. The molecule has 8 rings (SSSR count). The molecule has 1 aromatic heterocycles. The number of rotatable bonds is 12. The zero-order chi connectivity index (χ0) is 42.2. The molecular formula is C41H44F3N9O5S. The van der Waals surface area contributed by atoms with Gasteiger partial charge in [-0.05, 0) is 99.8 Å². The van der Waals surface area contributed by atoms with Gasteiger partial charge < -0.3 is 20.3 Å². The lowest BCUT2D eigenvalue weighted by Gasteiger charge is -2.51. The average Bonchev–Trinajstić information content (AvgIpc) is 3.37. The number of imide groups is 1. The number of ether oxygens (including phenoxy) is 1. The number of piperidine rings is 3. The Morgan fingerprint density at radius 2 is 1.76 bits per heavy atom. The summed E-state index contributed by atoms with van der Waals surface area (Å²) in [5, 5.41) is 17.6. The first-order valence-electron chi connectivity index (χ1n) is 19.5. The van der Waals surface area contributed by atoms with Crippen LogP contribution in [0, 0.1) is 11.3 Å². The zero-order valence-corrected chi connectivity index (χ0v) is 33.6. The Labute approximate surface area is 344 Å². The quantitative estimate of drug-likeness (QED) is 0.169. The number of halogens is 3. The molecule has 14 nitrogen and oxygen atoms in total. The molecule has 6 heterocycles. The van der Waals surface area contributed by atoms with Crippen LogP contribution in [0.5, 0.6) is 5.75 Å². The van der Waals surface area contributed by atoms with E-state index < -0.39 is 34.9 Å². The molecule has 3 atom stereocenters. The molecule has 3 aromatic rings. The van der Waals surface area contributed by atoms with Crippen molar-refractivity contribution in [3.8, 4) is 11.8 Å². The van der Waals surface area contributed by atoms with Gasteiger partial charge in [0.15, 0.2) is 10.8 Å². The number of anilines is 4. The fraction of sp³-hybridized carbons (Fsp3) is 0.439. The van der Waals surface area contributed by atoms with Gasteiger partial charge in [-0.2, -0.15) is 18.4 Å². The molecule has 310 valence electrons. The summed E-state index contributed by atoms with van der Waals surface area (Å²) in [4.78, 5) is 61.4. The number of alkyl halides is 3. The fourth-order valence-electron chi connectivity index (χ4n) is 8.31. The standard InChI is InChI=1S/C41H44F3N9O5S/c1-4-24-16-27(53-39(59)52(38(57)40(53,2)3)30-18-31(41(42,43)44)33(19-45)46-20-30)10-12-34(24)58-15-14-50-21-29-9-8-28(50)22-51(29)23-36(55)48-26-7-5-6-25(17-26)47-32-11-13-35(54)49-37(32)56/h5-7,10,12,16-18,20,28-29,32,47H,4,8-9,11,13-15,21-23H2,1-3H3,(H,48,55)(H,49,54,56)/t28-,29-,32?/m0/s1. The molecule has 5 fully saturated rings. The summed E-state index contributed by atoms with van der Waals surface area (Å²) in [7, 11) is 0. The number of pyridine rings is 1.